The van der Waals surface area contributed by atoms with Gasteiger partial charge in [-0.2, -0.15) is 0 Å². The van der Waals surface area contributed by atoms with Crippen molar-refractivity contribution in [1.29, 1.82) is 0 Å². The SMILES string of the molecule is CNC(=O)COC1Cc2ccccc2/C=C\c2ccccc21. The molecule has 1 atom stereocenters. The van der Waals surface area contributed by atoms with E-state index in [0.717, 1.165) is 17.5 Å². The summed E-state index contributed by atoms with van der Waals surface area (Å²) in [6.07, 6.45) is 4.89. The molecule has 0 bridgehead atoms. The molecule has 1 N–H and O–H groups in total. The Bertz CT molecular complexity index is 706. The van der Waals surface area contributed by atoms with Crippen LogP contribution < -0.4 is 5.32 Å². The fourth-order valence-electron chi connectivity index (χ4n) is 2.72. The van der Waals surface area contributed by atoms with Crippen molar-refractivity contribution < 1.29 is 9.53 Å². The number of hydrogen-bond acceptors (Lipinski definition) is 2. The molecule has 1 amide bonds. The number of rotatable bonds is 3. The van der Waals surface area contributed by atoms with E-state index in [4.69, 9.17) is 4.74 Å². The van der Waals surface area contributed by atoms with Crippen molar-refractivity contribution in [2.75, 3.05) is 13.7 Å². The second kappa shape index (κ2) is 6.58. The third kappa shape index (κ3) is 3.10. The van der Waals surface area contributed by atoms with Crippen LogP contribution in [-0.4, -0.2) is 19.6 Å². The highest BCUT2D eigenvalue weighted by Crippen LogP contribution is 2.30. The van der Waals surface area contributed by atoms with E-state index >= 15 is 0 Å². The molecule has 0 aliphatic heterocycles. The molecular weight excluding hydrogens is 274 g/mol. The van der Waals surface area contributed by atoms with Gasteiger partial charge in [0, 0.05) is 13.5 Å². The predicted octanol–water partition coefficient (Wildman–Crippen LogP) is 3.22. The number of fused-ring (bicyclic) bond motifs is 2. The van der Waals surface area contributed by atoms with Gasteiger partial charge in [0.05, 0.1) is 6.10 Å². The molecule has 3 nitrogen and oxygen atoms in total. The standard InChI is InChI=1S/C19H19NO2/c1-20-19(21)13-22-18-12-16-8-3-2-6-14(16)10-11-15-7-4-5-9-17(15)18/h2-11,18H,12-13H2,1H3,(H,20,21)/b11-10-. The molecule has 0 heterocycles. The quantitative estimate of drug-likeness (QED) is 0.943. The summed E-state index contributed by atoms with van der Waals surface area (Å²) < 4.78 is 5.91. The van der Waals surface area contributed by atoms with Crippen molar-refractivity contribution in [3.8, 4) is 0 Å². The van der Waals surface area contributed by atoms with Crippen LogP contribution in [0.1, 0.15) is 28.4 Å². The van der Waals surface area contributed by atoms with E-state index in [1.54, 1.807) is 7.05 Å². The summed E-state index contributed by atoms with van der Waals surface area (Å²) in [5, 5.41) is 2.60. The van der Waals surface area contributed by atoms with Crippen LogP contribution in [0.5, 0.6) is 0 Å². The molecule has 0 spiro atoms. The highest BCUT2D eigenvalue weighted by Gasteiger charge is 2.19. The highest BCUT2D eigenvalue weighted by molar-refractivity contribution is 5.77. The van der Waals surface area contributed by atoms with Gasteiger partial charge in [0.15, 0.2) is 0 Å². The van der Waals surface area contributed by atoms with Crippen LogP contribution in [0.25, 0.3) is 12.2 Å². The first kappa shape index (κ1) is 14.5. The minimum absolute atomic E-state index is 0.0708. The number of benzene rings is 2. The van der Waals surface area contributed by atoms with Crippen LogP contribution in [0.3, 0.4) is 0 Å². The number of hydrogen-bond donors (Lipinski definition) is 1. The molecule has 0 radical (unpaired) electrons. The van der Waals surface area contributed by atoms with Gasteiger partial charge in [-0.05, 0) is 22.3 Å². The Morgan fingerprint density at radius 1 is 1.09 bits per heavy atom. The van der Waals surface area contributed by atoms with Crippen molar-refractivity contribution in [2.24, 2.45) is 0 Å². The summed E-state index contributed by atoms with van der Waals surface area (Å²) in [5.74, 6) is -0.108. The van der Waals surface area contributed by atoms with Crippen molar-refractivity contribution in [3.05, 3.63) is 70.8 Å². The molecule has 2 aromatic rings. The normalized spacial score (nSPS) is 17.6. The van der Waals surface area contributed by atoms with Crippen LogP contribution in [0.4, 0.5) is 0 Å². The van der Waals surface area contributed by atoms with Crippen LogP contribution in [0.2, 0.25) is 0 Å². The zero-order valence-corrected chi connectivity index (χ0v) is 12.6. The number of carbonyl (C=O) groups is 1. The summed E-state index contributed by atoms with van der Waals surface area (Å²) in [7, 11) is 1.62. The van der Waals surface area contributed by atoms with E-state index in [2.05, 4.69) is 41.7 Å². The van der Waals surface area contributed by atoms with Gasteiger partial charge >= 0.3 is 0 Å². The average molecular weight is 293 g/mol. The summed E-state index contributed by atoms with van der Waals surface area (Å²) in [4.78, 5) is 11.5. The number of amides is 1. The molecule has 1 unspecified atom stereocenters. The first-order chi connectivity index (χ1) is 10.8. The predicted molar refractivity (Wildman–Crippen MR) is 88.3 cm³/mol. The average Bonchev–Trinajstić information content (AvgIpc) is 2.55. The third-order valence-corrected chi connectivity index (χ3v) is 3.94. The minimum Gasteiger partial charge on any atom is -0.363 e. The smallest absolute Gasteiger partial charge is 0.245 e. The monoisotopic (exact) mass is 293 g/mol. The number of nitrogens with one attached hydrogen (secondary N) is 1. The van der Waals surface area contributed by atoms with Crippen molar-refractivity contribution in [1.82, 2.24) is 5.32 Å². The van der Waals surface area contributed by atoms with Gasteiger partial charge in [-0.3, -0.25) is 4.79 Å². The summed E-state index contributed by atoms with van der Waals surface area (Å²) >= 11 is 0. The molecule has 2 aromatic carbocycles. The summed E-state index contributed by atoms with van der Waals surface area (Å²) in [6.45, 7) is 0.0708. The molecule has 1 aliphatic rings. The molecule has 112 valence electrons. The Hall–Kier alpha value is -2.39. The lowest BCUT2D eigenvalue weighted by atomic mass is 9.91. The fourth-order valence-corrected chi connectivity index (χ4v) is 2.72. The maximum absolute atomic E-state index is 11.5. The Labute approximate surface area is 130 Å². The molecule has 22 heavy (non-hydrogen) atoms. The van der Waals surface area contributed by atoms with Gasteiger partial charge in [-0.15, -0.1) is 0 Å². The van der Waals surface area contributed by atoms with E-state index < -0.39 is 0 Å². The van der Waals surface area contributed by atoms with E-state index in [9.17, 15) is 4.79 Å². The minimum atomic E-state index is -0.125. The molecule has 0 aromatic heterocycles. The van der Waals surface area contributed by atoms with Gasteiger partial charge < -0.3 is 10.1 Å². The van der Waals surface area contributed by atoms with E-state index in [0.29, 0.717) is 0 Å². The number of carbonyl (C=O) groups excluding carboxylic acids is 1. The maximum Gasteiger partial charge on any atom is 0.245 e. The van der Waals surface area contributed by atoms with Crippen LogP contribution in [-0.2, 0) is 16.0 Å². The second-order valence-electron chi connectivity index (χ2n) is 5.34. The van der Waals surface area contributed by atoms with Gasteiger partial charge in [-0.25, -0.2) is 0 Å². The third-order valence-electron chi connectivity index (χ3n) is 3.94. The van der Waals surface area contributed by atoms with Crippen LogP contribution >= 0.6 is 0 Å². The zero-order valence-electron chi connectivity index (χ0n) is 12.6. The molecule has 1 aliphatic carbocycles. The zero-order chi connectivity index (χ0) is 15.4. The van der Waals surface area contributed by atoms with Crippen molar-refractivity contribution in [2.45, 2.75) is 12.5 Å². The van der Waals surface area contributed by atoms with Crippen LogP contribution in [0.15, 0.2) is 48.5 Å². The highest BCUT2D eigenvalue weighted by atomic mass is 16.5. The molecule has 3 rings (SSSR count). The Morgan fingerprint density at radius 2 is 1.77 bits per heavy atom. The van der Waals surface area contributed by atoms with Gasteiger partial charge in [0.1, 0.15) is 6.61 Å². The van der Waals surface area contributed by atoms with Crippen LogP contribution in [0, 0.1) is 0 Å². The summed E-state index contributed by atoms with van der Waals surface area (Å²) in [6, 6.07) is 16.5. The van der Waals surface area contributed by atoms with E-state index in [-0.39, 0.29) is 18.6 Å². The maximum atomic E-state index is 11.5. The Morgan fingerprint density at radius 3 is 2.59 bits per heavy atom. The lowest BCUT2D eigenvalue weighted by Gasteiger charge is -2.23. The van der Waals surface area contributed by atoms with Gasteiger partial charge in [0.25, 0.3) is 0 Å². The van der Waals surface area contributed by atoms with Crippen molar-refractivity contribution in [3.63, 3.8) is 0 Å². The summed E-state index contributed by atoms with van der Waals surface area (Å²) in [5.41, 5.74) is 4.69. The lowest BCUT2D eigenvalue weighted by molar-refractivity contribution is -0.127. The van der Waals surface area contributed by atoms with Gasteiger partial charge in [-0.1, -0.05) is 60.7 Å². The Balaban J connectivity index is 1.97. The second-order valence-corrected chi connectivity index (χ2v) is 5.34. The van der Waals surface area contributed by atoms with E-state index in [1.165, 1.54) is 11.1 Å². The fraction of sp³-hybridized carbons (Fsp3) is 0.211. The first-order valence-corrected chi connectivity index (χ1v) is 7.45. The molecule has 3 heteroatoms. The van der Waals surface area contributed by atoms with E-state index in [1.807, 2.05) is 24.3 Å². The molecule has 0 saturated carbocycles. The van der Waals surface area contributed by atoms with Gasteiger partial charge in [0.2, 0.25) is 5.91 Å². The molecule has 0 saturated heterocycles. The number of likely N-dealkylation sites (N-methyl/N-ethyl adjacent to an activating group) is 1. The lowest BCUT2D eigenvalue weighted by Crippen LogP contribution is -2.25. The largest absolute Gasteiger partial charge is 0.363 e. The van der Waals surface area contributed by atoms with Crippen molar-refractivity contribution >= 4 is 18.1 Å². The molecule has 0 fully saturated rings. The first-order valence-electron chi connectivity index (χ1n) is 7.45. The number of ether oxygens (including phenoxy) is 1. The molecular formula is C19H19NO2. The topological polar surface area (TPSA) is 38.3 Å². The Kier molecular flexibility index (Phi) is 4.35.